The Morgan fingerprint density at radius 2 is 1.96 bits per heavy atom. The van der Waals surface area contributed by atoms with Crippen LogP contribution in [-0.4, -0.2) is 24.0 Å². The summed E-state index contributed by atoms with van der Waals surface area (Å²) in [6.45, 7) is 6.90. The fraction of sp³-hybridized carbons (Fsp3) is 0.440. The van der Waals surface area contributed by atoms with Crippen LogP contribution in [-0.2, 0) is 17.4 Å². The van der Waals surface area contributed by atoms with Gasteiger partial charge in [-0.3, -0.25) is 4.90 Å². The minimum absolute atomic E-state index is 0.453. The predicted molar refractivity (Wildman–Crippen MR) is 108 cm³/mol. The highest BCUT2D eigenvalue weighted by molar-refractivity contribution is 5.67. The maximum atomic E-state index is 6.16. The van der Waals surface area contributed by atoms with E-state index in [0.29, 0.717) is 17.4 Å². The van der Waals surface area contributed by atoms with E-state index in [9.17, 15) is 0 Å². The quantitative estimate of drug-likeness (QED) is 0.711. The molecule has 2 spiro atoms. The van der Waals surface area contributed by atoms with E-state index in [-0.39, 0.29) is 0 Å². The van der Waals surface area contributed by atoms with Crippen molar-refractivity contribution in [3.05, 3.63) is 77.9 Å². The van der Waals surface area contributed by atoms with Gasteiger partial charge < -0.3 is 4.74 Å². The number of rotatable bonds is 5. The summed E-state index contributed by atoms with van der Waals surface area (Å²) in [4.78, 5) is 2.67. The molecule has 4 unspecified atom stereocenters. The summed E-state index contributed by atoms with van der Waals surface area (Å²) < 4.78 is 6.16. The largest absolute Gasteiger partial charge is 0.489 e. The number of fused-ring (bicyclic) bond motifs is 2. The van der Waals surface area contributed by atoms with Gasteiger partial charge in [0, 0.05) is 30.0 Å². The van der Waals surface area contributed by atoms with Gasteiger partial charge in [0.1, 0.15) is 12.4 Å². The highest BCUT2D eigenvalue weighted by Gasteiger charge is 2.84. The van der Waals surface area contributed by atoms with Crippen LogP contribution >= 0.6 is 0 Å². The van der Waals surface area contributed by atoms with Crippen molar-refractivity contribution >= 4 is 0 Å². The van der Waals surface area contributed by atoms with Crippen molar-refractivity contribution in [3.8, 4) is 5.75 Å². The molecule has 6 rings (SSSR count). The Morgan fingerprint density at radius 3 is 2.81 bits per heavy atom. The van der Waals surface area contributed by atoms with Gasteiger partial charge in [0.15, 0.2) is 0 Å². The van der Waals surface area contributed by atoms with Gasteiger partial charge in [-0.1, -0.05) is 55.3 Å². The molecular weight excluding hydrogens is 330 g/mol. The molecule has 2 saturated carbocycles. The average Bonchev–Trinajstić information content (AvgIpc) is 2.70. The molecule has 2 heteroatoms. The first-order valence-corrected chi connectivity index (χ1v) is 10.5. The van der Waals surface area contributed by atoms with Crippen molar-refractivity contribution in [2.45, 2.75) is 49.2 Å². The van der Waals surface area contributed by atoms with Crippen molar-refractivity contribution in [2.24, 2.45) is 5.92 Å². The molecule has 2 nitrogen and oxygen atoms in total. The molecule has 138 valence electrons. The number of ether oxygens (including phenoxy) is 1. The van der Waals surface area contributed by atoms with E-state index in [0.717, 1.165) is 24.3 Å². The van der Waals surface area contributed by atoms with E-state index in [2.05, 4.69) is 66.1 Å². The molecule has 1 saturated heterocycles. The van der Waals surface area contributed by atoms with E-state index in [1.54, 1.807) is 11.1 Å². The van der Waals surface area contributed by atoms with Gasteiger partial charge in [-0.25, -0.2) is 0 Å². The van der Waals surface area contributed by atoms with Crippen molar-refractivity contribution in [1.82, 2.24) is 4.90 Å². The molecule has 4 aliphatic rings. The fourth-order valence-electron chi connectivity index (χ4n) is 7.25. The highest BCUT2D eigenvalue weighted by Crippen LogP contribution is 2.80. The van der Waals surface area contributed by atoms with Crippen LogP contribution in [0.1, 0.15) is 42.4 Å². The number of nitrogens with zero attached hydrogens (tertiary/aromatic N) is 1. The van der Waals surface area contributed by atoms with Crippen LogP contribution < -0.4 is 4.74 Å². The van der Waals surface area contributed by atoms with Crippen molar-refractivity contribution < 1.29 is 4.74 Å². The zero-order valence-corrected chi connectivity index (χ0v) is 15.9. The Bertz CT molecular complexity index is 906. The van der Waals surface area contributed by atoms with Crippen LogP contribution in [0.5, 0.6) is 5.75 Å². The summed E-state index contributed by atoms with van der Waals surface area (Å²) in [5.74, 6) is 1.88. The minimum atomic E-state index is 0.453. The van der Waals surface area contributed by atoms with Crippen molar-refractivity contribution in [3.63, 3.8) is 0 Å². The molecule has 4 atom stereocenters. The first-order valence-electron chi connectivity index (χ1n) is 10.5. The van der Waals surface area contributed by atoms with E-state index in [1.807, 2.05) is 0 Å². The lowest BCUT2D eigenvalue weighted by Crippen LogP contribution is -2.93. The first kappa shape index (κ1) is 15.9. The summed E-state index contributed by atoms with van der Waals surface area (Å²) in [6, 6.07) is 18.2. The summed E-state index contributed by atoms with van der Waals surface area (Å²) in [5.41, 5.74) is 5.38. The maximum Gasteiger partial charge on any atom is 0.120 e. The summed E-state index contributed by atoms with van der Waals surface area (Å²) in [5, 5.41) is 0. The highest BCUT2D eigenvalue weighted by atomic mass is 16.5. The number of benzene rings is 2. The predicted octanol–water partition coefficient (Wildman–Crippen LogP) is 4.83. The lowest BCUT2D eigenvalue weighted by Gasteiger charge is -2.86. The standard InChI is InChI=1S/C25H27NO/c1-2-14-26-17-25-20-12-11-19(27-16-18-8-4-3-5-9-18)15-22(20)24(25)13-7-6-10-21(24)23(25)26/h2-5,8-9,11-12,15,21,23H,1,6-7,10,13-14,16-17H2. The molecule has 1 aliphatic heterocycles. The number of hydrogen-bond acceptors (Lipinski definition) is 2. The van der Waals surface area contributed by atoms with Gasteiger partial charge in [0.05, 0.1) is 0 Å². The minimum Gasteiger partial charge on any atom is -0.489 e. The lowest BCUT2D eigenvalue weighted by molar-refractivity contribution is -0.245. The molecule has 0 radical (unpaired) electrons. The van der Waals surface area contributed by atoms with Crippen LogP contribution in [0.2, 0.25) is 0 Å². The van der Waals surface area contributed by atoms with Crippen LogP contribution in [0.3, 0.4) is 0 Å². The lowest BCUT2D eigenvalue weighted by atomic mass is 9.23. The van der Waals surface area contributed by atoms with Crippen LogP contribution in [0, 0.1) is 5.92 Å². The van der Waals surface area contributed by atoms with Crippen molar-refractivity contribution in [1.29, 1.82) is 0 Å². The second-order valence-electron chi connectivity index (χ2n) is 8.94. The van der Waals surface area contributed by atoms with E-state index >= 15 is 0 Å². The molecule has 2 aromatic carbocycles. The molecule has 3 fully saturated rings. The van der Waals surface area contributed by atoms with Gasteiger partial charge in [-0.05, 0) is 47.6 Å². The zero-order valence-electron chi connectivity index (χ0n) is 15.9. The third-order valence-electron chi connectivity index (χ3n) is 8.06. The third kappa shape index (κ3) is 1.76. The van der Waals surface area contributed by atoms with Gasteiger partial charge in [-0.2, -0.15) is 0 Å². The molecular formula is C25H27NO. The maximum absolute atomic E-state index is 6.16. The summed E-state index contributed by atoms with van der Waals surface area (Å²) >= 11 is 0. The number of piperidine rings is 1. The van der Waals surface area contributed by atoms with Gasteiger partial charge in [0.25, 0.3) is 0 Å². The second-order valence-corrected chi connectivity index (χ2v) is 8.94. The zero-order chi connectivity index (χ0) is 18.1. The average molecular weight is 357 g/mol. The normalized spacial score (nSPS) is 35.3. The fourth-order valence-corrected chi connectivity index (χ4v) is 7.25. The van der Waals surface area contributed by atoms with Gasteiger partial charge in [0.2, 0.25) is 0 Å². The topological polar surface area (TPSA) is 12.5 Å². The van der Waals surface area contributed by atoms with Crippen LogP contribution in [0.15, 0.2) is 61.2 Å². The van der Waals surface area contributed by atoms with Gasteiger partial charge >= 0.3 is 0 Å². The summed E-state index contributed by atoms with van der Waals surface area (Å²) in [7, 11) is 0. The summed E-state index contributed by atoms with van der Waals surface area (Å²) in [6.07, 6.45) is 7.65. The molecule has 27 heavy (non-hydrogen) atoms. The SMILES string of the molecule is C=CCN1CC23c4ccc(OCc5ccccc5)cc4C24CCCCC4C13. The smallest absolute Gasteiger partial charge is 0.120 e. The Hall–Kier alpha value is -2.06. The van der Waals surface area contributed by atoms with Crippen LogP contribution in [0.4, 0.5) is 0 Å². The Labute approximate surface area is 161 Å². The Kier molecular flexibility index (Phi) is 3.24. The first-order chi connectivity index (χ1) is 13.3. The Balaban J connectivity index is 1.31. The van der Waals surface area contributed by atoms with E-state index in [1.165, 1.54) is 37.8 Å². The molecule has 2 aromatic rings. The third-order valence-corrected chi connectivity index (χ3v) is 8.06. The van der Waals surface area contributed by atoms with E-state index < -0.39 is 0 Å². The van der Waals surface area contributed by atoms with Crippen molar-refractivity contribution in [2.75, 3.05) is 13.1 Å². The van der Waals surface area contributed by atoms with Gasteiger partial charge in [-0.15, -0.1) is 6.58 Å². The number of likely N-dealkylation sites (tertiary alicyclic amines) is 1. The number of hydrogen-bond donors (Lipinski definition) is 0. The molecule has 0 bridgehead atoms. The second kappa shape index (κ2) is 5.48. The molecule has 0 aromatic heterocycles. The Morgan fingerprint density at radius 1 is 1.07 bits per heavy atom. The monoisotopic (exact) mass is 357 g/mol. The molecule has 0 amide bonds. The molecule has 3 aliphatic carbocycles. The van der Waals surface area contributed by atoms with E-state index in [4.69, 9.17) is 4.74 Å². The van der Waals surface area contributed by atoms with Crippen LogP contribution in [0.25, 0.3) is 0 Å². The molecule has 1 heterocycles. The molecule has 0 N–H and O–H groups in total.